The summed E-state index contributed by atoms with van der Waals surface area (Å²) in [5.74, 6) is 0.865. The third-order valence-electron chi connectivity index (χ3n) is 5.55. The van der Waals surface area contributed by atoms with Gasteiger partial charge in [0.25, 0.3) is 0 Å². The fourth-order valence-corrected chi connectivity index (χ4v) is 3.82. The Hall–Kier alpha value is -2.53. The van der Waals surface area contributed by atoms with E-state index in [2.05, 4.69) is 60.2 Å². The molecular formula is C25H35N3O2. The highest BCUT2D eigenvalue weighted by Gasteiger charge is 2.27. The molecule has 1 fully saturated rings. The normalized spacial score (nSPS) is 16.2. The van der Waals surface area contributed by atoms with Crippen molar-refractivity contribution in [2.75, 3.05) is 51.3 Å². The van der Waals surface area contributed by atoms with E-state index in [9.17, 15) is 4.79 Å². The van der Waals surface area contributed by atoms with E-state index in [1.165, 1.54) is 0 Å². The van der Waals surface area contributed by atoms with Gasteiger partial charge >= 0.3 is 0 Å². The molecule has 2 aromatic carbocycles. The molecule has 1 aliphatic heterocycles. The van der Waals surface area contributed by atoms with Gasteiger partial charge in [-0.2, -0.15) is 0 Å². The molecule has 0 aromatic heterocycles. The summed E-state index contributed by atoms with van der Waals surface area (Å²) >= 11 is 0. The van der Waals surface area contributed by atoms with Crippen LogP contribution in [0.4, 0.5) is 5.69 Å². The van der Waals surface area contributed by atoms with Crippen LogP contribution in [0.25, 0.3) is 0 Å². The number of nitrogens with one attached hydrogen (secondary N) is 1. The number of amides is 1. The second-order valence-electron chi connectivity index (χ2n) is 9.20. The number of carbonyl (C=O) groups is 1. The molecule has 2 aromatic rings. The van der Waals surface area contributed by atoms with Crippen LogP contribution in [0.5, 0.6) is 5.75 Å². The second-order valence-corrected chi connectivity index (χ2v) is 9.20. The Kier molecular flexibility index (Phi) is 7.38. The zero-order valence-corrected chi connectivity index (χ0v) is 18.7. The molecule has 1 N–H and O–H groups in total. The lowest BCUT2D eigenvalue weighted by Gasteiger charge is -2.38. The minimum atomic E-state index is -0.161. The number of anilines is 1. The van der Waals surface area contributed by atoms with E-state index >= 15 is 0 Å². The summed E-state index contributed by atoms with van der Waals surface area (Å²) in [6.45, 7) is 11.5. The number of hydrogen-bond acceptors (Lipinski definition) is 4. The van der Waals surface area contributed by atoms with Crippen LogP contribution in [-0.2, 0) is 4.79 Å². The molecule has 0 bridgehead atoms. The molecule has 5 heteroatoms. The van der Waals surface area contributed by atoms with Gasteiger partial charge in [-0.3, -0.25) is 9.69 Å². The van der Waals surface area contributed by atoms with Gasteiger partial charge in [-0.05, 0) is 23.1 Å². The number of nitrogens with zero attached hydrogens (tertiary/aromatic N) is 2. The van der Waals surface area contributed by atoms with E-state index in [1.807, 2.05) is 30.3 Å². The van der Waals surface area contributed by atoms with Gasteiger partial charge in [0.2, 0.25) is 5.91 Å². The Labute approximate surface area is 181 Å². The SMILES string of the molecule is COc1ccccc1N1CCN(CC(C(=O)NCC(C)(C)C)c2ccccc2)CC1. The highest BCUT2D eigenvalue weighted by molar-refractivity contribution is 5.84. The van der Waals surface area contributed by atoms with E-state index in [4.69, 9.17) is 4.74 Å². The number of benzene rings is 2. The lowest BCUT2D eigenvalue weighted by molar-refractivity contribution is -0.123. The number of para-hydroxylation sites is 2. The van der Waals surface area contributed by atoms with Crippen molar-refractivity contribution in [3.8, 4) is 5.75 Å². The van der Waals surface area contributed by atoms with Crippen LogP contribution >= 0.6 is 0 Å². The maximum absolute atomic E-state index is 13.1. The van der Waals surface area contributed by atoms with Gasteiger partial charge in [0, 0.05) is 39.3 Å². The minimum absolute atomic E-state index is 0.0667. The molecule has 1 unspecified atom stereocenters. The number of hydrogen-bond donors (Lipinski definition) is 1. The van der Waals surface area contributed by atoms with Crippen LogP contribution in [-0.4, -0.2) is 57.2 Å². The molecule has 3 rings (SSSR count). The second kappa shape index (κ2) is 9.98. The van der Waals surface area contributed by atoms with Gasteiger partial charge in [-0.1, -0.05) is 63.2 Å². The molecule has 0 radical (unpaired) electrons. The quantitative estimate of drug-likeness (QED) is 0.756. The maximum Gasteiger partial charge on any atom is 0.228 e. The van der Waals surface area contributed by atoms with Gasteiger partial charge in [0.15, 0.2) is 0 Å². The van der Waals surface area contributed by atoms with Crippen molar-refractivity contribution in [2.24, 2.45) is 5.41 Å². The lowest BCUT2D eigenvalue weighted by atomic mass is 9.94. The molecule has 0 saturated carbocycles. The number of ether oxygens (including phenoxy) is 1. The van der Waals surface area contributed by atoms with Gasteiger partial charge < -0.3 is 15.0 Å². The Morgan fingerprint density at radius 1 is 1.00 bits per heavy atom. The molecule has 162 valence electrons. The van der Waals surface area contributed by atoms with Gasteiger partial charge in [-0.15, -0.1) is 0 Å². The fourth-order valence-electron chi connectivity index (χ4n) is 3.82. The molecule has 30 heavy (non-hydrogen) atoms. The molecule has 1 atom stereocenters. The predicted molar refractivity (Wildman–Crippen MR) is 123 cm³/mol. The summed E-state index contributed by atoms with van der Waals surface area (Å²) in [7, 11) is 1.72. The first-order valence-electron chi connectivity index (χ1n) is 10.8. The number of rotatable bonds is 7. The van der Waals surface area contributed by atoms with E-state index < -0.39 is 0 Å². The van der Waals surface area contributed by atoms with Crippen molar-refractivity contribution < 1.29 is 9.53 Å². The molecule has 1 aliphatic rings. The molecule has 1 saturated heterocycles. The van der Waals surface area contributed by atoms with Gasteiger partial charge in [0.1, 0.15) is 5.75 Å². The average molecular weight is 410 g/mol. The number of carbonyl (C=O) groups excluding carboxylic acids is 1. The molecule has 5 nitrogen and oxygen atoms in total. The summed E-state index contributed by atoms with van der Waals surface area (Å²) < 4.78 is 5.53. The van der Waals surface area contributed by atoms with Crippen molar-refractivity contribution >= 4 is 11.6 Å². The summed E-state index contributed by atoms with van der Waals surface area (Å²) in [5, 5.41) is 3.17. The van der Waals surface area contributed by atoms with E-state index in [0.29, 0.717) is 6.54 Å². The third kappa shape index (κ3) is 5.99. The van der Waals surface area contributed by atoms with Crippen molar-refractivity contribution in [2.45, 2.75) is 26.7 Å². The first kappa shape index (κ1) is 22.2. The highest BCUT2D eigenvalue weighted by atomic mass is 16.5. The van der Waals surface area contributed by atoms with Crippen LogP contribution in [0.15, 0.2) is 54.6 Å². The summed E-state index contributed by atoms with van der Waals surface area (Å²) in [5.41, 5.74) is 2.29. The largest absolute Gasteiger partial charge is 0.495 e. The van der Waals surface area contributed by atoms with E-state index in [0.717, 1.165) is 49.7 Å². The maximum atomic E-state index is 13.1. The summed E-state index contributed by atoms with van der Waals surface area (Å²) in [6.07, 6.45) is 0. The average Bonchev–Trinajstić information content (AvgIpc) is 2.76. The van der Waals surface area contributed by atoms with Crippen LogP contribution < -0.4 is 15.0 Å². The smallest absolute Gasteiger partial charge is 0.228 e. The Morgan fingerprint density at radius 3 is 2.27 bits per heavy atom. The van der Waals surface area contributed by atoms with Crippen molar-refractivity contribution in [3.63, 3.8) is 0 Å². The Morgan fingerprint density at radius 2 is 1.63 bits per heavy atom. The van der Waals surface area contributed by atoms with Gasteiger partial charge in [0.05, 0.1) is 18.7 Å². The molecule has 0 aliphatic carbocycles. The minimum Gasteiger partial charge on any atom is -0.495 e. The van der Waals surface area contributed by atoms with E-state index in [-0.39, 0.29) is 17.2 Å². The zero-order valence-electron chi connectivity index (χ0n) is 18.7. The van der Waals surface area contributed by atoms with Crippen molar-refractivity contribution in [1.82, 2.24) is 10.2 Å². The molecule has 0 spiro atoms. The summed E-state index contributed by atoms with van der Waals surface area (Å²) in [6, 6.07) is 18.3. The van der Waals surface area contributed by atoms with Crippen LogP contribution in [0.2, 0.25) is 0 Å². The number of methoxy groups -OCH3 is 1. The standard InChI is InChI=1S/C25H35N3O2/c1-25(2,3)19-26-24(29)21(20-10-6-5-7-11-20)18-27-14-16-28(17-15-27)22-12-8-9-13-23(22)30-4/h5-13,21H,14-19H2,1-4H3,(H,26,29). The van der Waals surface area contributed by atoms with Crippen LogP contribution in [0.3, 0.4) is 0 Å². The lowest BCUT2D eigenvalue weighted by Crippen LogP contribution is -2.49. The van der Waals surface area contributed by atoms with Crippen molar-refractivity contribution in [1.29, 1.82) is 0 Å². The highest BCUT2D eigenvalue weighted by Crippen LogP contribution is 2.29. The molecule has 1 heterocycles. The third-order valence-corrected chi connectivity index (χ3v) is 5.55. The van der Waals surface area contributed by atoms with Gasteiger partial charge in [-0.25, -0.2) is 0 Å². The first-order chi connectivity index (χ1) is 14.4. The first-order valence-corrected chi connectivity index (χ1v) is 10.8. The Bertz CT molecular complexity index is 809. The predicted octanol–water partition coefficient (Wildman–Crippen LogP) is 3.76. The monoisotopic (exact) mass is 409 g/mol. The molecular weight excluding hydrogens is 374 g/mol. The zero-order chi connectivity index (χ0) is 21.6. The van der Waals surface area contributed by atoms with Crippen molar-refractivity contribution in [3.05, 3.63) is 60.2 Å². The number of piperazine rings is 1. The van der Waals surface area contributed by atoms with Crippen LogP contribution in [0.1, 0.15) is 32.3 Å². The topological polar surface area (TPSA) is 44.8 Å². The van der Waals surface area contributed by atoms with Crippen LogP contribution in [0, 0.1) is 5.41 Å². The van der Waals surface area contributed by atoms with E-state index in [1.54, 1.807) is 7.11 Å². The summed E-state index contributed by atoms with van der Waals surface area (Å²) in [4.78, 5) is 17.8. The molecule has 1 amide bonds. The fraction of sp³-hybridized carbons (Fsp3) is 0.480. The Balaban J connectivity index is 1.65.